The number of aromatic nitrogens is 1. The molecule has 4 rings (SSSR count). The van der Waals surface area contributed by atoms with E-state index >= 15 is 0 Å². The Bertz CT molecular complexity index is 1150. The first-order chi connectivity index (χ1) is 15.1. The van der Waals surface area contributed by atoms with Crippen LogP contribution < -0.4 is 5.32 Å². The zero-order valence-corrected chi connectivity index (χ0v) is 20.8. The lowest BCUT2D eigenvalue weighted by Gasteiger charge is -2.27. The maximum absolute atomic E-state index is 14.5. The third kappa shape index (κ3) is 4.64. The molecule has 0 spiro atoms. The predicted octanol–water partition coefficient (Wildman–Crippen LogP) is 4.16. The summed E-state index contributed by atoms with van der Waals surface area (Å²) >= 11 is 8.32. The number of halogens is 4. The number of hydrogen-bond donors (Lipinski definition) is 1. The molecule has 32 heavy (non-hydrogen) atoms. The number of carbonyl (C=O) groups is 1. The molecule has 1 amide bonds. The molecule has 1 aliphatic carbocycles. The lowest BCUT2D eigenvalue weighted by Crippen LogP contribution is -2.48. The summed E-state index contributed by atoms with van der Waals surface area (Å²) in [4.78, 5) is 17.2. The van der Waals surface area contributed by atoms with E-state index in [1.165, 1.54) is 6.92 Å². The molecule has 172 valence electrons. The van der Waals surface area contributed by atoms with Crippen LogP contribution in [0.3, 0.4) is 0 Å². The summed E-state index contributed by atoms with van der Waals surface area (Å²) in [5, 5.41) is 3.07. The van der Waals surface area contributed by atoms with E-state index in [2.05, 4.69) is 32.9 Å². The van der Waals surface area contributed by atoms with E-state index in [0.29, 0.717) is 11.1 Å². The van der Waals surface area contributed by atoms with Gasteiger partial charge in [-0.2, -0.15) is 4.31 Å². The van der Waals surface area contributed by atoms with Crippen LogP contribution in [0.25, 0.3) is 0 Å². The highest BCUT2D eigenvalue weighted by atomic mass is 127. The molecule has 1 aliphatic heterocycles. The van der Waals surface area contributed by atoms with Crippen molar-refractivity contribution in [1.82, 2.24) is 14.6 Å². The number of nitrogens with one attached hydrogen (secondary N) is 1. The number of nitrogens with zero attached hydrogens (tertiary/aromatic N) is 2. The smallest absolute Gasteiger partial charge is 0.244 e. The number of carbonyl (C=O) groups excluding carboxylic acids is 1. The zero-order valence-electron chi connectivity index (χ0n) is 17.1. The van der Waals surface area contributed by atoms with Gasteiger partial charge in [0.1, 0.15) is 23.2 Å². The molecule has 2 fully saturated rings. The van der Waals surface area contributed by atoms with E-state index in [-0.39, 0.29) is 17.9 Å². The topological polar surface area (TPSA) is 79.4 Å². The third-order valence-corrected chi connectivity index (χ3v) is 9.27. The first kappa shape index (κ1) is 23.8. The molecule has 1 aromatic heterocycles. The molecule has 3 atom stereocenters. The van der Waals surface area contributed by atoms with Crippen molar-refractivity contribution in [1.29, 1.82) is 0 Å². The van der Waals surface area contributed by atoms with Gasteiger partial charge in [0.15, 0.2) is 0 Å². The standard InChI is InChI=1S/C21H21ClF2IN3O3S/c1-11-16(24)9-17(28(11)32(30,31)15-6-4-14(23)5-7-15)21(29)26-10-13-8-18(22)27-20(19(13)25)12-2-3-12/h4-8,11-12,16-17H,2-3,9-10H2,1H3,(H,26,29)/t11-,16+,17-/m0/s1. The van der Waals surface area contributed by atoms with E-state index in [1.807, 2.05) is 0 Å². The molecule has 2 aliphatic rings. The summed E-state index contributed by atoms with van der Waals surface area (Å²) in [6.07, 6.45) is 0.333. The van der Waals surface area contributed by atoms with Crippen molar-refractivity contribution in [2.45, 2.75) is 61.8 Å². The molecule has 0 radical (unpaired) electrons. The number of alkyl halides is 1. The van der Waals surface area contributed by atoms with Crippen molar-refractivity contribution in [3.63, 3.8) is 0 Å². The van der Waals surface area contributed by atoms with E-state index in [0.717, 1.165) is 56.2 Å². The SMILES string of the molecule is C[C@H]1[C@H](F)C[C@@H](C(=O)NCc2cc(Cl)nc(C3CC3)c2I)N1S(=O)(=O)c1ccc(F)cc1. The molecule has 0 unspecified atom stereocenters. The minimum atomic E-state index is -4.21. The van der Waals surface area contributed by atoms with Gasteiger partial charge in [0.2, 0.25) is 15.9 Å². The zero-order chi connectivity index (χ0) is 23.2. The Morgan fingerprint density at radius 3 is 2.59 bits per heavy atom. The largest absolute Gasteiger partial charge is 0.351 e. The molecule has 1 N–H and O–H groups in total. The second-order valence-corrected chi connectivity index (χ2v) is 11.4. The van der Waals surface area contributed by atoms with Gasteiger partial charge in [-0.25, -0.2) is 22.2 Å². The van der Waals surface area contributed by atoms with Crippen molar-refractivity contribution in [2.75, 3.05) is 0 Å². The number of hydrogen-bond acceptors (Lipinski definition) is 4. The van der Waals surface area contributed by atoms with Crippen LogP contribution in [0, 0.1) is 9.39 Å². The monoisotopic (exact) mass is 595 g/mol. The Hall–Kier alpha value is -1.37. The van der Waals surface area contributed by atoms with Crippen LogP contribution in [0.5, 0.6) is 0 Å². The Morgan fingerprint density at radius 2 is 1.97 bits per heavy atom. The fourth-order valence-corrected chi connectivity index (χ4v) is 6.86. The maximum Gasteiger partial charge on any atom is 0.244 e. The van der Waals surface area contributed by atoms with Crippen molar-refractivity contribution in [3.8, 4) is 0 Å². The average molecular weight is 596 g/mol. The van der Waals surface area contributed by atoms with Crippen molar-refractivity contribution in [2.24, 2.45) is 0 Å². The lowest BCUT2D eigenvalue weighted by molar-refractivity contribution is -0.124. The van der Waals surface area contributed by atoms with E-state index in [4.69, 9.17) is 11.6 Å². The van der Waals surface area contributed by atoms with Gasteiger partial charge in [-0.05, 0) is 78.3 Å². The third-order valence-electron chi connectivity index (χ3n) is 5.82. The van der Waals surface area contributed by atoms with Crippen LogP contribution in [0.1, 0.15) is 43.4 Å². The number of amides is 1. The summed E-state index contributed by atoms with van der Waals surface area (Å²) in [7, 11) is -4.21. The Kier molecular flexibility index (Phi) is 6.77. The quantitative estimate of drug-likeness (QED) is 0.402. The number of rotatable bonds is 6. The van der Waals surface area contributed by atoms with Crippen molar-refractivity contribution < 1.29 is 22.0 Å². The van der Waals surface area contributed by atoms with Gasteiger partial charge in [-0.1, -0.05) is 11.6 Å². The van der Waals surface area contributed by atoms with Gasteiger partial charge < -0.3 is 5.32 Å². The molecule has 2 heterocycles. The van der Waals surface area contributed by atoms with Crippen LogP contribution in [-0.2, 0) is 21.4 Å². The summed E-state index contributed by atoms with van der Waals surface area (Å²) in [5.74, 6) is -0.818. The van der Waals surface area contributed by atoms with Crippen molar-refractivity contribution in [3.05, 3.63) is 56.1 Å². The van der Waals surface area contributed by atoms with Gasteiger partial charge in [-0.3, -0.25) is 4.79 Å². The second-order valence-electron chi connectivity index (χ2n) is 8.09. The fraction of sp³-hybridized carbons (Fsp3) is 0.429. The second kappa shape index (κ2) is 9.11. The molecule has 11 heteroatoms. The highest BCUT2D eigenvalue weighted by Crippen LogP contribution is 2.42. The normalized spacial score (nSPS) is 24.0. The van der Waals surface area contributed by atoms with Crippen LogP contribution in [-0.4, -0.2) is 41.9 Å². The van der Waals surface area contributed by atoms with Gasteiger partial charge in [0, 0.05) is 22.5 Å². The van der Waals surface area contributed by atoms with Crippen LogP contribution >= 0.6 is 34.2 Å². The van der Waals surface area contributed by atoms with Crippen molar-refractivity contribution >= 4 is 50.1 Å². The number of pyridine rings is 1. The van der Waals surface area contributed by atoms with Crippen LogP contribution in [0.15, 0.2) is 35.2 Å². The minimum absolute atomic E-state index is 0.116. The first-order valence-corrected chi connectivity index (χ1v) is 13.0. The van der Waals surface area contributed by atoms with Gasteiger partial charge in [0.25, 0.3) is 0 Å². The summed E-state index contributed by atoms with van der Waals surface area (Å²) < 4.78 is 55.9. The summed E-state index contributed by atoms with van der Waals surface area (Å²) in [6, 6.07) is 3.67. The van der Waals surface area contributed by atoms with E-state index in [1.54, 1.807) is 6.07 Å². The lowest BCUT2D eigenvalue weighted by atomic mass is 10.1. The Morgan fingerprint density at radius 1 is 1.31 bits per heavy atom. The Labute approximate surface area is 203 Å². The number of benzene rings is 1. The van der Waals surface area contributed by atoms with Gasteiger partial charge in [0.05, 0.1) is 16.6 Å². The van der Waals surface area contributed by atoms with Gasteiger partial charge >= 0.3 is 0 Å². The maximum atomic E-state index is 14.5. The summed E-state index contributed by atoms with van der Waals surface area (Å²) in [6.45, 7) is 1.54. The van der Waals surface area contributed by atoms with E-state index in [9.17, 15) is 22.0 Å². The highest BCUT2D eigenvalue weighted by molar-refractivity contribution is 14.1. The van der Waals surface area contributed by atoms with E-state index < -0.39 is 40.0 Å². The fourth-order valence-electron chi connectivity index (χ4n) is 3.92. The average Bonchev–Trinajstić information content (AvgIpc) is 3.53. The summed E-state index contributed by atoms with van der Waals surface area (Å²) in [5.41, 5.74) is 1.68. The predicted molar refractivity (Wildman–Crippen MR) is 124 cm³/mol. The first-order valence-electron chi connectivity index (χ1n) is 10.1. The molecule has 2 aromatic rings. The molecule has 1 aromatic carbocycles. The molecule has 1 saturated carbocycles. The highest BCUT2D eigenvalue weighted by Gasteiger charge is 2.49. The molecule has 6 nitrogen and oxygen atoms in total. The van der Waals surface area contributed by atoms with Gasteiger partial charge in [-0.15, -0.1) is 0 Å². The molecule has 1 saturated heterocycles. The molecular weight excluding hydrogens is 575 g/mol. The molecule has 0 bridgehead atoms. The van der Waals surface area contributed by atoms with Crippen LogP contribution in [0.4, 0.5) is 8.78 Å². The Balaban J connectivity index is 1.55. The number of sulfonamides is 1. The van der Waals surface area contributed by atoms with Crippen LogP contribution in [0.2, 0.25) is 5.15 Å². The molecular formula is C21H21ClF2IN3O3S. The minimum Gasteiger partial charge on any atom is -0.351 e.